The van der Waals surface area contributed by atoms with Crippen molar-refractivity contribution in [2.75, 3.05) is 31.6 Å². The largest absolute Gasteiger partial charge is 0.378 e. The number of rotatable bonds is 12. The van der Waals surface area contributed by atoms with Crippen molar-refractivity contribution >= 4 is 50.9 Å². The Labute approximate surface area is 272 Å². The van der Waals surface area contributed by atoms with E-state index in [-0.39, 0.29) is 28.6 Å². The van der Waals surface area contributed by atoms with Crippen LogP contribution in [0.2, 0.25) is 0 Å². The first-order chi connectivity index (χ1) is 22.3. The fourth-order valence-electron chi connectivity index (χ4n) is 5.25. The summed E-state index contributed by atoms with van der Waals surface area (Å²) in [5, 5.41) is 8.96. The number of aryl methyl sites for hydroxylation is 1. The Morgan fingerprint density at radius 2 is 1.59 bits per heavy atom. The molecule has 4 amide bonds. The standard InChI is InChI=1S/C35H39N5O5S/c1-23(2)21-29(39-35(44)40-17-19-45-20-18-40)33(43)37-28(15-13-24-9-5-3-6-10-24)31(41)34-38-27-16-14-25(22-30(27)46-34)32(42)36-26-11-7-4-8-12-26/h3-12,14,16,22-23,28-29H,13,15,17-21H2,1-2H3,(H,36,42)(H,37,43)(H,39,44)/t28?,29-/m0/s1. The molecule has 1 fully saturated rings. The molecule has 2 heterocycles. The number of ketones is 1. The third-order valence-corrected chi connectivity index (χ3v) is 8.74. The zero-order chi connectivity index (χ0) is 32.5. The second-order valence-electron chi connectivity index (χ2n) is 11.7. The molecule has 3 aromatic carbocycles. The molecule has 1 unspecified atom stereocenters. The lowest BCUT2D eigenvalue weighted by atomic mass is 9.99. The van der Waals surface area contributed by atoms with Crippen molar-refractivity contribution in [1.29, 1.82) is 0 Å². The number of para-hydroxylation sites is 1. The first-order valence-electron chi connectivity index (χ1n) is 15.6. The van der Waals surface area contributed by atoms with Crippen molar-refractivity contribution in [2.45, 2.75) is 45.2 Å². The Bertz CT molecular complexity index is 1650. The first-order valence-corrected chi connectivity index (χ1v) is 16.4. The van der Waals surface area contributed by atoms with Gasteiger partial charge in [0.15, 0.2) is 5.01 Å². The number of thiazole rings is 1. The van der Waals surface area contributed by atoms with E-state index in [9.17, 15) is 19.2 Å². The highest BCUT2D eigenvalue weighted by Gasteiger charge is 2.31. The van der Waals surface area contributed by atoms with E-state index in [1.807, 2.05) is 74.5 Å². The van der Waals surface area contributed by atoms with E-state index in [0.717, 1.165) is 5.56 Å². The number of carbonyl (C=O) groups is 4. The number of amides is 4. The van der Waals surface area contributed by atoms with Crippen LogP contribution in [0.4, 0.5) is 10.5 Å². The molecule has 240 valence electrons. The van der Waals surface area contributed by atoms with Gasteiger partial charge < -0.3 is 25.6 Å². The summed E-state index contributed by atoms with van der Waals surface area (Å²) in [5.41, 5.74) is 2.75. The molecule has 11 heteroatoms. The molecule has 3 N–H and O–H groups in total. The first kappa shape index (κ1) is 32.8. The van der Waals surface area contributed by atoms with Crippen molar-refractivity contribution in [1.82, 2.24) is 20.5 Å². The maximum Gasteiger partial charge on any atom is 0.318 e. The number of aromatic nitrogens is 1. The van der Waals surface area contributed by atoms with Crippen molar-refractivity contribution < 1.29 is 23.9 Å². The van der Waals surface area contributed by atoms with Gasteiger partial charge in [-0.25, -0.2) is 9.78 Å². The summed E-state index contributed by atoms with van der Waals surface area (Å²) < 4.78 is 6.04. The number of ether oxygens (including phenoxy) is 1. The molecule has 0 saturated carbocycles. The van der Waals surface area contributed by atoms with Crippen LogP contribution in [0.25, 0.3) is 10.2 Å². The van der Waals surface area contributed by atoms with Gasteiger partial charge in [0.25, 0.3) is 5.91 Å². The third kappa shape index (κ3) is 8.76. The molecule has 2 atom stereocenters. The highest BCUT2D eigenvalue weighted by Crippen LogP contribution is 2.26. The van der Waals surface area contributed by atoms with E-state index in [4.69, 9.17) is 4.74 Å². The maximum absolute atomic E-state index is 14.0. The van der Waals surface area contributed by atoms with Crippen molar-refractivity contribution in [3.05, 3.63) is 95.0 Å². The van der Waals surface area contributed by atoms with Gasteiger partial charge >= 0.3 is 6.03 Å². The summed E-state index contributed by atoms with van der Waals surface area (Å²) in [5.74, 6) is -0.874. The predicted octanol–water partition coefficient (Wildman–Crippen LogP) is 5.31. The third-order valence-electron chi connectivity index (χ3n) is 7.71. The SMILES string of the molecule is CC(C)C[C@H](NC(=O)N1CCOCC1)C(=O)NC(CCc1ccccc1)C(=O)c1nc2ccc(C(=O)Nc3ccccc3)cc2s1. The number of anilines is 1. The van der Waals surface area contributed by atoms with E-state index in [1.54, 1.807) is 23.1 Å². The average Bonchev–Trinajstić information content (AvgIpc) is 3.51. The van der Waals surface area contributed by atoms with Gasteiger partial charge in [0, 0.05) is 24.3 Å². The molecule has 46 heavy (non-hydrogen) atoms. The summed E-state index contributed by atoms with van der Waals surface area (Å²) in [6, 6.07) is 22.0. The second-order valence-corrected chi connectivity index (χ2v) is 12.7. The van der Waals surface area contributed by atoms with E-state index in [1.165, 1.54) is 11.3 Å². The Kier molecular flexibility index (Phi) is 11.1. The number of fused-ring (bicyclic) bond motifs is 1. The second kappa shape index (κ2) is 15.6. The van der Waals surface area contributed by atoms with Gasteiger partial charge in [0.2, 0.25) is 11.7 Å². The monoisotopic (exact) mass is 641 g/mol. The van der Waals surface area contributed by atoms with Gasteiger partial charge in [0.1, 0.15) is 6.04 Å². The lowest BCUT2D eigenvalue weighted by Crippen LogP contribution is -2.56. The Hall–Kier alpha value is -4.61. The maximum atomic E-state index is 14.0. The number of carbonyl (C=O) groups excluding carboxylic acids is 4. The molecular formula is C35H39N5O5S. The van der Waals surface area contributed by atoms with Gasteiger partial charge in [-0.15, -0.1) is 11.3 Å². The lowest BCUT2D eigenvalue weighted by molar-refractivity contribution is -0.123. The van der Waals surface area contributed by atoms with Gasteiger partial charge in [-0.05, 0) is 61.1 Å². The summed E-state index contributed by atoms with van der Waals surface area (Å²) >= 11 is 1.19. The molecular weight excluding hydrogens is 602 g/mol. The number of benzene rings is 3. The van der Waals surface area contributed by atoms with E-state index in [0.29, 0.717) is 67.0 Å². The summed E-state index contributed by atoms with van der Waals surface area (Å²) in [6.07, 6.45) is 1.32. The Balaban J connectivity index is 1.35. The number of urea groups is 1. The summed E-state index contributed by atoms with van der Waals surface area (Å²) in [6.45, 7) is 5.77. The molecule has 10 nitrogen and oxygen atoms in total. The molecule has 0 radical (unpaired) electrons. The molecule has 1 saturated heterocycles. The van der Waals surface area contributed by atoms with Crippen molar-refractivity contribution in [3.63, 3.8) is 0 Å². The molecule has 5 rings (SSSR count). The van der Waals surface area contributed by atoms with Gasteiger partial charge in [-0.3, -0.25) is 14.4 Å². The van der Waals surface area contributed by atoms with Gasteiger partial charge in [-0.1, -0.05) is 62.4 Å². The van der Waals surface area contributed by atoms with Crippen LogP contribution < -0.4 is 16.0 Å². The minimum atomic E-state index is -0.871. The molecule has 1 aromatic heterocycles. The smallest absolute Gasteiger partial charge is 0.318 e. The highest BCUT2D eigenvalue weighted by atomic mass is 32.1. The number of nitrogens with one attached hydrogen (secondary N) is 3. The normalized spacial score (nSPS) is 14.5. The molecule has 0 aliphatic carbocycles. The molecule has 1 aliphatic rings. The average molecular weight is 642 g/mol. The molecule has 1 aliphatic heterocycles. The minimum Gasteiger partial charge on any atom is -0.378 e. The van der Waals surface area contributed by atoms with Crippen LogP contribution in [-0.2, 0) is 16.0 Å². The zero-order valence-corrected chi connectivity index (χ0v) is 26.8. The van der Waals surface area contributed by atoms with Crippen LogP contribution in [0, 0.1) is 5.92 Å². The Morgan fingerprint density at radius 1 is 0.891 bits per heavy atom. The number of morpholine rings is 1. The van der Waals surface area contributed by atoms with E-state index in [2.05, 4.69) is 20.9 Å². The fraction of sp³-hybridized carbons (Fsp3) is 0.343. The molecule has 0 bridgehead atoms. The van der Waals surface area contributed by atoms with Crippen LogP contribution in [-0.4, -0.2) is 71.9 Å². The van der Waals surface area contributed by atoms with Crippen molar-refractivity contribution in [3.8, 4) is 0 Å². The fourth-order valence-corrected chi connectivity index (χ4v) is 6.25. The number of Topliss-reactive ketones (excluding diaryl/α,β-unsaturated/α-hetero) is 1. The van der Waals surface area contributed by atoms with Crippen molar-refractivity contribution in [2.24, 2.45) is 5.92 Å². The van der Waals surface area contributed by atoms with E-state index < -0.39 is 18.0 Å². The van der Waals surface area contributed by atoms with Gasteiger partial charge in [0.05, 0.1) is 29.5 Å². The number of hydrogen-bond acceptors (Lipinski definition) is 7. The molecule has 4 aromatic rings. The number of hydrogen-bond donors (Lipinski definition) is 3. The quantitative estimate of drug-likeness (QED) is 0.180. The minimum absolute atomic E-state index is 0.122. The van der Waals surface area contributed by atoms with Crippen LogP contribution in [0.3, 0.4) is 0 Å². The topological polar surface area (TPSA) is 130 Å². The van der Waals surface area contributed by atoms with Crippen LogP contribution >= 0.6 is 11.3 Å². The predicted molar refractivity (Wildman–Crippen MR) is 179 cm³/mol. The zero-order valence-electron chi connectivity index (χ0n) is 26.0. The van der Waals surface area contributed by atoms with Gasteiger partial charge in [-0.2, -0.15) is 0 Å². The van der Waals surface area contributed by atoms with Crippen LogP contribution in [0.1, 0.15) is 52.4 Å². The number of nitrogens with zero attached hydrogens (tertiary/aromatic N) is 2. The van der Waals surface area contributed by atoms with Crippen LogP contribution in [0.15, 0.2) is 78.9 Å². The highest BCUT2D eigenvalue weighted by molar-refractivity contribution is 7.20. The van der Waals surface area contributed by atoms with E-state index >= 15 is 0 Å². The Morgan fingerprint density at radius 3 is 2.28 bits per heavy atom. The summed E-state index contributed by atoms with van der Waals surface area (Å²) in [7, 11) is 0. The lowest BCUT2D eigenvalue weighted by Gasteiger charge is -2.30. The summed E-state index contributed by atoms with van der Waals surface area (Å²) in [4.78, 5) is 59.8. The molecule has 0 spiro atoms. The van der Waals surface area contributed by atoms with Crippen LogP contribution in [0.5, 0.6) is 0 Å².